The molecule has 9 nitrogen and oxygen atoms in total. The summed E-state index contributed by atoms with van der Waals surface area (Å²) in [5, 5.41) is 21.4. The van der Waals surface area contributed by atoms with Crippen LogP contribution in [0.25, 0.3) is 21.9 Å². The van der Waals surface area contributed by atoms with Crippen molar-refractivity contribution in [3.8, 4) is 11.1 Å². The molecule has 1 aliphatic rings. The highest BCUT2D eigenvalue weighted by Gasteiger charge is 2.25. The molecular weight excluding hydrogens is 490 g/mol. The van der Waals surface area contributed by atoms with Crippen LogP contribution in [0.3, 0.4) is 0 Å². The number of anilines is 5. The molecule has 3 heterocycles. The molecule has 5 aromatic rings. The van der Waals surface area contributed by atoms with E-state index in [0.717, 1.165) is 39.1 Å². The summed E-state index contributed by atoms with van der Waals surface area (Å²) < 4.78 is 0. The quantitative estimate of drug-likeness (QED) is 0.192. The number of nitrogens with one attached hydrogen (secondary N) is 5. The zero-order valence-corrected chi connectivity index (χ0v) is 21.1. The first-order valence-corrected chi connectivity index (χ1v) is 12.8. The molecule has 2 amide bonds. The predicted octanol–water partition coefficient (Wildman–Crippen LogP) is 5.58. The van der Waals surface area contributed by atoms with Crippen molar-refractivity contribution in [2.45, 2.75) is 12.8 Å². The van der Waals surface area contributed by atoms with Crippen LogP contribution in [0.5, 0.6) is 0 Å². The Kier molecular flexibility index (Phi) is 6.61. The number of rotatable bonds is 7. The van der Waals surface area contributed by atoms with Gasteiger partial charge in [-0.2, -0.15) is 5.10 Å². The number of nitrogens with zero attached hydrogens (tertiary/aromatic N) is 2. The molecule has 0 saturated carbocycles. The van der Waals surface area contributed by atoms with E-state index < -0.39 is 0 Å². The number of carbonyl (C=O) groups is 2. The first-order valence-electron chi connectivity index (χ1n) is 12.8. The van der Waals surface area contributed by atoms with Crippen LogP contribution in [-0.4, -0.2) is 33.5 Å². The number of H-pyrrole nitrogens is 1. The third-order valence-corrected chi connectivity index (χ3v) is 6.74. The monoisotopic (exact) mass is 517 g/mol. The number of benzene rings is 3. The lowest BCUT2D eigenvalue weighted by atomic mass is 9.96. The molecule has 9 heteroatoms. The molecule has 1 saturated heterocycles. The molecule has 1 atom stereocenters. The van der Waals surface area contributed by atoms with Crippen LogP contribution in [0, 0.1) is 5.92 Å². The summed E-state index contributed by atoms with van der Waals surface area (Å²) >= 11 is 0. The second kappa shape index (κ2) is 10.7. The van der Waals surface area contributed by atoms with E-state index in [2.05, 4.69) is 31.5 Å². The maximum atomic E-state index is 12.7. The van der Waals surface area contributed by atoms with Crippen LogP contribution < -0.4 is 21.3 Å². The van der Waals surface area contributed by atoms with Crippen molar-refractivity contribution in [1.82, 2.24) is 20.5 Å². The zero-order valence-electron chi connectivity index (χ0n) is 21.1. The Hall–Kier alpha value is -5.18. The molecule has 0 spiro atoms. The van der Waals surface area contributed by atoms with E-state index in [1.165, 1.54) is 0 Å². The van der Waals surface area contributed by atoms with E-state index in [0.29, 0.717) is 24.5 Å². The zero-order chi connectivity index (χ0) is 26.6. The molecule has 1 fully saturated rings. The van der Waals surface area contributed by atoms with Gasteiger partial charge in [0.05, 0.1) is 6.20 Å². The third kappa shape index (κ3) is 5.57. The van der Waals surface area contributed by atoms with E-state index in [1.807, 2.05) is 85.1 Å². The summed E-state index contributed by atoms with van der Waals surface area (Å²) in [6.07, 6.45) is 4.51. The van der Waals surface area contributed by atoms with E-state index in [4.69, 9.17) is 4.98 Å². The van der Waals surface area contributed by atoms with Crippen molar-refractivity contribution in [3.63, 3.8) is 0 Å². The van der Waals surface area contributed by atoms with Crippen molar-refractivity contribution in [3.05, 3.63) is 91.3 Å². The molecular formula is C30H27N7O2. The molecule has 0 aliphatic carbocycles. The van der Waals surface area contributed by atoms with E-state index in [1.54, 1.807) is 6.20 Å². The Morgan fingerprint density at radius 3 is 2.54 bits per heavy atom. The second-order valence-corrected chi connectivity index (χ2v) is 9.50. The van der Waals surface area contributed by atoms with E-state index in [9.17, 15) is 9.59 Å². The van der Waals surface area contributed by atoms with Gasteiger partial charge in [0.25, 0.3) is 0 Å². The largest absolute Gasteiger partial charge is 0.356 e. The van der Waals surface area contributed by atoms with Gasteiger partial charge in [-0.05, 0) is 53.8 Å². The molecule has 0 bridgehead atoms. The normalized spacial score (nSPS) is 15.0. The van der Waals surface area contributed by atoms with Crippen LogP contribution in [0.4, 0.5) is 28.7 Å². The minimum atomic E-state index is -0.320. The minimum absolute atomic E-state index is 0.0856. The predicted molar refractivity (Wildman–Crippen MR) is 153 cm³/mol. The molecule has 2 aromatic heterocycles. The second-order valence-electron chi connectivity index (χ2n) is 9.50. The van der Waals surface area contributed by atoms with E-state index in [-0.39, 0.29) is 24.2 Å². The Balaban J connectivity index is 1.22. The summed E-state index contributed by atoms with van der Waals surface area (Å²) in [6.45, 7) is 0.525. The first-order chi connectivity index (χ1) is 19.1. The number of fused-ring (bicyclic) bond motifs is 1. The Morgan fingerprint density at radius 2 is 1.72 bits per heavy atom. The first kappa shape index (κ1) is 24.2. The molecule has 0 radical (unpaired) electrons. The van der Waals surface area contributed by atoms with Gasteiger partial charge >= 0.3 is 0 Å². The Labute approximate surface area is 225 Å². The van der Waals surface area contributed by atoms with Gasteiger partial charge < -0.3 is 21.3 Å². The Morgan fingerprint density at radius 1 is 0.872 bits per heavy atom. The minimum Gasteiger partial charge on any atom is -0.356 e. The van der Waals surface area contributed by atoms with Crippen LogP contribution in [-0.2, 0) is 9.59 Å². The topological polar surface area (TPSA) is 124 Å². The number of pyridine rings is 1. The summed E-state index contributed by atoms with van der Waals surface area (Å²) in [7, 11) is 0. The number of hydrogen-bond donors (Lipinski definition) is 5. The summed E-state index contributed by atoms with van der Waals surface area (Å²) in [5.74, 6) is 0.846. The molecule has 39 heavy (non-hydrogen) atoms. The fourth-order valence-electron chi connectivity index (χ4n) is 4.72. The fourth-order valence-corrected chi connectivity index (χ4v) is 4.72. The van der Waals surface area contributed by atoms with Crippen molar-refractivity contribution >= 4 is 51.3 Å². The average molecular weight is 518 g/mol. The van der Waals surface area contributed by atoms with Crippen molar-refractivity contribution in [1.29, 1.82) is 0 Å². The van der Waals surface area contributed by atoms with Gasteiger partial charge in [0.2, 0.25) is 11.8 Å². The summed E-state index contributed by atoms with van der Waals surface area (Å²) in [5.41, 5.74) is 4.46. The lowest BCUT2D eigenvalue weighted by molar-refractivity contribution is -0.129. The van der Waals surface area contributed by atoms with Gasteiger partial charge in [0.15, 0.2) is 0 Å². The number of carbonyl (C=O) groups excluding carboxylic acids is 2. The maximum absolute atomic E-state index is 12.7. The fraction of sp³-hybridized carbons (Fsp3) is 0.133. The lowest BCUT2D eigenvalue weighted by Gasteiger charge is -2.21. The highest BCUT2D eigenvalue weighted by molar-refractivity contribution is 5.97. The number of amides is 2. The van der Waals surface area contributed by atoms with Crippen LogP contribution in [0.2, 0.25) is 0 Å². The SMILES string of the molecule is O=C1CC(C(=O)Nc2cccc(Nc3cc4ccccc4c(Nc4ccc(-c5cn[nH]c5)cc4)n3)c2)CCN1. The van der Waals surface area contributed by atoms with Gasteiger partial charge in [-0.1, -0.05) is 42.5 Å². The van der Waals surface area contributed by atoms with Gasteiger partial charge in [0, 0.05) is 53.1 Å². The van der Waals surface area contributed by atoms with Gasteiger partial charge in [0.1, 0.15) is 11.6 Å². The van der Waals surface area contributed by atoms with Gasteiger partial charge in [-0.3, -0.25) is 14.7 Å². The Bertz CT molecular complexity index is 1630. The number of aromatic amines is 1. The van der Waals surface area contributed by atoms with Crippen molar-refractivity contribution in [2.24, 2.45) is 5.92 Å². The van der Waals surface area contributed by atoms with Crippen LogP contribution >= 0.6 is 0 Å². The lowest BCUT2D eigenvalue weighted by Crippen LogP contribution is -2.38. The van der Waals surface area contributed by atoms with Crippen LogP contribution in [0.1, 0.15) is 12.8 Å². The molecule has 5 N–H and O–H groups in total. The molecule has 3 aromatic carbocycles. The third-order valence-electron chi connectivity index (χ3n) is 6.74. The van der Waals surface area contributed by atoms with Crippen LogP contribution in [0.15, 0.2) is 91.3 Å². The molecule has 1 unspecified atom stereocenters. The molecule has 194 valence electrons. The highest BCUT2D eigenvalue weighted by atomic mass is 16.2. The highest BCUT2D eigenvalue weighted by Crippen LogP contribution is 2.30. The number of aromatic nitrogens is 3. The summed E-state index contributed by atoms with van der Waals surface area (Å²) in [6, 6.07) is 25.7. The molecule has 6 rings (SSSR count). The smallest absolute Gasteiger partial charge is 0.228 e. The van der Waals surface area contributed by atoms with Gasteiger partial charge in [-0.25, -0.2) is 4.98 Å². The van der Waals surface area contributed by atoms with Crippen molar-refractivity contribution in [2.75, 3.05) is 22.5 Å². The summed E-state index contributed by atoms with van der Waals surface area (Å²) in [4.78, 5) is 29.2. The average Bonchev–Trinajstić information content (AvgIpc) is 3.49. The molecule has 1 aliphatic heterocycles. The number of piperidine rings is 1. The van der Waals surface area contributed by atoms with Crippen molar-refractivity contribution < 1.29 is 9.59 Å². The number of hydrogen-bond acceptors (Lipinski definition) is 6. The van der Waals surface area contributed by atoms with E-state index >= 15 is 0 Å². The maximum Gasteiger partial charge on any atom is 0.228 e. The standard InChI is InChI=1S/C30H27N7O2/c38-28-15-21(12-13-31-28)30(39)36-25-6-3-5-24(16-25)34-27-14-20-4-1-2-7-26(20)29(37-27)35-23-10-8-19(9-11-23)22-17-32-33-18-22/h1-11,14,16-18,21H,12-13,15H2,(H,31,38)(H,32,33)(H,36,39)(H2,34,35,37). The van der Waals surface area contributed by atoms with Gasteiger partial charge in [-0.15, -0.1) is 0 Å².